The van der Waals surface area contributed by atoms with E-state index < -0.39 is 35.9 Å². The molecule has 0 aliphatic carbocycles. The largest absolute Gasteiger partial charge is 0.480 e. The number of nitrogens with one attached hydrogen (secondary N) is 2. The topological polar surface area (TPSA) is 122 Å². The lowest BCUT2D eigenvalue weighted by Gasteiger charge is -2.24. The Morgan fingerprint density at radius 1 is 0.833 bits per heavy atom. The van der Waals surface area contributed by atoms with Crippen LogP contribution in [0.4, 0.5) is 0 Å². The summed E-state index contributed by atoms with van der Waals surface area (Å²) in [4.78, 5) is 37.0. The van der Waals surface area contributed by atoms with Crippen molar-refractivity contribution in [3.05, 3.63) is 71.8 Å². The van der Waals surface area contributed by atoms with Gasteiger partial charge < -0.3 is 21.5 Å². The van der Waals surface area contributed by atoms with Crippen LogP contribution in [0.15, 0.2) is 60.7 Å². The molecule has 160 valence electrons. The summed E-state index contributed by atoms with van der Waals surface area (Å²) in [6.07, 6.45) is 0.553. The molecule has 0 fully saturated rings. The fourth-order valence-electron chi connectivity index (χ4n) is 3.07. The van der Waals surface area contributed by atoms with Crippen molar-refractivity contribution in [2.45, 2.75) is 44.8 Å². The summed E-state index contributed by atoms with van der Waals surface area (Å²) < 4.78 is 0. The SMILES string of the molecule is CC(C)[C@H](NC(=O)[C@H](Cc1ccccc1)NC(=O)[C@@H](N)Cc1ccccc1)C(=O)O. The average molecular weight is 412 g/mol. The number of nitrogens with two attached hydrogens (primary N) is 1. The van der Waals surface area contributed by atoms with Gasteiger partial charge in [0.05, 0.1) is 6.04 Å². The number of aliphatic carboxylic acids is 1. The zero-order valence-corrected chi connectivity index (χ0v) is 17.2. The Labute approximate surface area is 176 Å². The third-order valence-electron chi connectivity index (χ3n) is 4.78. The summed E-state index contributed by atoms with van der Waals surface area (Å²) in [5, 5.41) is 14.6. The molecule has 2 aromatic rings. The molecule has 3 atom stereocenters. The lowest BCUT2D eigenvalue weighted by molar-refractivity contribution is -0.143. The number of hydrogen-bond donors (Lipinski definition) is 4. The van der Waals surface area contributed by atoms with Crippen LogP contribution in [0.2, 0.25) is 0 Å². The molecule has 7 heteroatoms. The van der Waals surface area contributed by atoms with Crippen LogP contribution in [-0.2, 0) is 27.2 Å². The van der Waals surface area contributed by atoms with Crippen molar-refractivity contribution in [2.75, 3.05) is 0 Å². The summed E-state index contributed by atoms with van der Waals surface area (Å²) in [7, 11) is 0. The number of carbonyl (C=O) groups excluding carboxylic acids is 2. The molecule has 0 aliphatic heterocycles. The van der Waals surface area contributed by atoms with Crippen molar-refractivity contribution in [3.8, 4) is 0 Å². The lowest BCUT2D eigenvalue weighted by atomic mass is 10.0. The Morgan fingerprint density at radius 3 is 1.80 bits per heavy atom. The molecule has 0 spiro atoms. The highest BCUT2D eigenvalue weighted by Crippen LogP contribution is 2.08. The highest BCUT2D eigenvalue weighted by atomic mass is 16.4. The van der Waals surface area contributed by atoms with Crippen LogP contribution in [0.3, 0.4) is 0 Å². The van der Waals surface area contributed by atoms with E-state index in [0.29, 0.717) is 6.42 Å². The molecule has 2 rings (SSSR count). The first-order valence-corrected chi connectivity index (χ1v) is 9.95. The van der Waals surface area contributed by atoms with Gasteiger partial charge >= 0.3 is 5.97 Å². The van der Waals surface area contributed by atoms with E-state index in [-0.39, 0.29) is 12.3 Å². The van der Waals surface area contributed by atoms with Gasteiger partial charge in [-0.25, -0.2) is 4.79 Å². The van der Waals surface area contributed by atoms with Gasteiger partial charge in [-0.1, -0.05) is 74.5 Å². The van der Waals surface area contributed by atoms with Crippen LogP contribution in [0.1, 0.15) is 25.0 Å². The number of hydrogen-bond acceptors (Lipinski definition) is 4. The first kappa shape index (κ1) is 23.1. The van der Waals surface area contributed by atoms with Gasteiger partial charge in [0.1, 0.15) is 12.1 Å². The first-order valence-electron chi connectivity index (χ1n) is 9.95. The summed E-state index contributed by atoms with van der Waals surface area (Å²) in [5.74, 6) is -2.45. The van der Waals surface area contributed by atoms with Crippen molar-refractivity contribution in [2.24, 2.45) is 11.7 Å². The van der Waals surface area contributed by atoms with E-state index in [4.69, 9.17) is 5.73 Å². The van der Waals surface area contributed by atoms with Crippen LogP contribution in [0.25, 0.3) is 0 Å². The second-order valence-electron chi connectivity index (χ2n) is 7.62. The fraction of sp³-hybridized carbons (Fsp3) is 0.348. The van der Waals surface area contributed by atoms with E-state index in [0.717, 1.165) is 11.1 Å². The second kappa shape index (κ2) is 11.1. The Bertz CT molecular complexity index is 840. The zero-order valence-electron chi connectivity index (χ0n) is 17.2. The molecule has 0 saturated heterocycles. The van der Waals surface area contributed by atoms with Gasteiger partial charge in [0.25, 0.3) is 0 Å². The Balaban J connectivity index is 2.13. The van der Waals surface area contributed by atoms with Crippen LogP contribution >= 0.6 is 0 Å². The van der Waals surface area contributed by atoms with Gasteiger partial charge in [-0.3, -0.25) is 9.59 Å². The van der Waals surface area contributed by atoms with Crippen LogP contribution in [-0.4, -0.2) is 41.0 Å². The molecular weight excluding hydrogens is 382 g/mol. The van der Waals surface area contributed by atoms with Gasteiger partial charge in [0, 0.05) is 6.42 Å². The van der Waals surface area contributed by atoms with E-state index in [1.807, 2.05) is 60.7 Å². The maximum absolute atomic E-state index is 12.9. The maximum Gasteiger partial charge on any atom is 0.326 e. The molecule has 0 bridgehead atoms. The normalized spacial score (nSPS) is 13.9. The van der Waals surface area contributed by atoms with Crippen LogP contribution in [0.5, 0.6) is 0 Å². The minimum absolute atomic E-state index is 0.223. The monoisotopic (exact) mass is 411 g/mol. The number of carboxylic acids is 1. The van der Waals surface area contributed by atoms with E-state index in [2.05, 4.69) is 10.6 Å². The molecule has 0 aliphatic rings. The van der Waals surface area contributed by atoms with Crippen molar-refractivity contribution in [1.29, 1.82) is 0 Å². The number of rotatable bonds is 10. The van der Waals surface area contributed by atoms with Crippen molar-refractivity contribution in [1.82, 2.24) is 10.6 Å². The highest BCUT2D eigenvalue weighted by Gasteiger charge is 2.29. The molecule has 5 N–H and O–H groups in total. The number of amides is 2. The highest BCUT2D eigenvalue weighted by molar-refractivity contribution is 5.92. The standard InChI is InChI=1S/C23H29N3O4/c1-15(2)20(23(29)30)26-22(28)19(14-17-11-7-4-8-12-17)25-21(27)18(24)13-16-9-5-3-6-10-16/h3-12,15,18-20H,13-14,24H2,1-2H3,(H,25,27)(H,26,28)(H,29,30)/t18-,19-,20-/m0/s1. The predicted octanol–water partition coefficient (Wildman–Crippen LogP) is 1.51. The summed E-state index contributed by atoms with van der Waals surface area (Å²) in [6.45, 7) is 3.42. The number of carboxylic acid groups (broad SMARTS) is 1. The minimum Gasteiger partial charge on any atom is -0.480 e. The van der Waals surface area contributed by atoms with Gasteiger partial charge in [-0.2, -0.15) is 0 Å². The Morgan fingerprint density at radius 2 is 1.33 bits per heavy atom. The lowest BCUT2D eigenvalue weighted by Crippen LogP contribution is -2.56. The van der Waals surface area contributed by atoms with Gasteiger partial charge in [-0.15, -0.1) is 0 Å². The summed E-state index contributed by atoms with van der Waals surface area (Å²) in [6, 6.07) is 15.7. The van der Waals surface area contributed by atoms with E-state index in [1.165, 1.54) is 0 Å². The number of carbonyl (C=O) groups is 3. The second-order valence-corrected chi connectivity index (χ2v) is 7.62. The smallest absolute Gasteiger partial charge is 0.326 e. The van der Waals surface area contributed by atoms with Crippen molar-refractivity contribution >= 4 is 17.8 Å². The van der Waals surface area contributed by atoms with E-state index in [1.54, 1.807) is 13.8 Å². The van der Waals surface area contributed by atoms with Crippen LogP contribution in [0, 0.1) is 5.92 Å². The summed E-state index contributed by atoms with van der Waals surface area (Å²) in [5.41, 5.74) is 7.80. The molecule has 0 saturated carbocycles. The first-order chi connectivity index (χ1) is 14.3. The summed E-state index contributed by atoms with van der Waals surface area (Å²) >= 11 is 0. The molecular formula is C23H29N3O4. The third-order valence-corrected chi connectivity index (χ3v) is 4.78. The Hall–Kier alpha value is -3.19. The van der Waals surface area contributed by atoms with Crippen LogP contribution < -0.4 is 16.4 Å². The molecule has 0 radical (unpaired) electrons. The van der Waals surface area contributed by atoms with Gasteiger partial charge in [0.2, 0.25) is 11.8 Å². The zero-order chi connectivity index (χ0) is 22.1. The maximum atomic E-state index is 12.9. The molecule has 7 nitrogen and oxygen atoms in total. The van der Waals surface area contributed by atoms with Crippen molar-refractivity contribution in [3.63, 3.8) is 0 Å². The quantitative estimate of drug-likeness (QED) is 0.472. The predicted molar refractivity (Wildman–Crippen MR) is 115 cm³/mol. The number of benzene rings is 2. The van der Waals surface area contributed by atoms with Crippen molar-refractivity contribution < 1.29 is 19.5 Å². The van der Waals surface area contributed by atoms with Gasteiger partial charge in [0.15, 0.2) is 0 Å². The molecule has 0 heterocycles. The molecule has 2 amide bonds. The van der Waals surface area contributed by atoms with Gasteiger partial charge in [-0.05, 0) is 23.5 Å². The molecule has 0 unspecified atom stereocenters. The molecule has 30 heavy (non-hydrogen) atoms. The fourth-order valence-corrected chi connectivity index (χ4v) is 3.07. The Kier molecular flexibility index (Phi) is 8.55. The minimum atomic E-state index is -1.12. The third kappa shape index (κ3) is 7.00. The molecule has 2 aromatic carbocycles. The average Bonchev–Trinajstić information content (AvgIpc) is 2.72. The van der Waals surface area contributed by atoms with E-state index in [9.17, 15) is 19.5 Å². The molecule has 0 aromatic heterocycles. The van der Waals surface area contributed by atoms with E-state index >= 15 is 0 Å².